The molecular formula is C21H18N4O2. The number of aromatic nitrogens is 3. The maximum atomic E-state index is 5.58. The average Bonchev–Trinajstić information content (AvgIpc) is 3.37. The zero-order valence-corrected chi connectivity index (χ0v) is 14.6. The zero-order valence-electron chi connectivity index (χ0n) is 14.6. The Hall–Kier alpha value is -3.25. The van der Waals surface area contributed by atoms with Crippen LogP contribution in [-0.4, -0.2) is 21.8 Å². The van der Waals surface area contributed by atoms with Gasteiger partial charge in [0.15, 0.2) is 5.82 Å². The van der Waals surface area contributed by atoms with E-state index in [0.29, 0.717) is 24.0 Å². The van der Waals surface area contributed by atoms with Gasteiger partial charge in [-0.25, -0.2) is 0 Å². The van der Waals surface area contributed by atoms with Crippen LogP contribution in [0, 0.1) is 0 Å². The van der Waals surface area contributed by atoms with Crippen LogP contribution in [0.25, 0.3) is 11.7 Å². The van der Waals surface area contributed by atoms with Gasteiger partial charge in [0.05, 0.1) is 11.6 Å². The topological polar surface area (TPSA) is 77.0 Å². The average molecular weight is 358 g/mol. The fourth-order valence-electron chi connectivity index (χ4n) is 3.54. The number of rotatable bonds is 4. The molecule has 0 radical (unpaired) electrons. The minimum atomic E-state index is -0.109. The van der Waals surface area contributed by atoms with Gasteiger partial charge in [0.2, 0.25) is 5.76 Å². The summed E-state index contributed by atoms with van der Waals surface area (Å²) in [5.41, 5.74) is 4.19. The smallest absolute Gasteiger partial charge is 0.296 e. The molecule has 0 atom stereocenters. The minimum absolute atomic E-state index is 0.109. The van der Waals surface area contributed by atoms with Gasteiger partial charge in [-0.3, -0.25) is 0 Å². The van der Waals surface area contributed by atoms with Crippen LogP contribution in [0.15, 0.2) is 69.7 Å². The molecule has 3 heterocycles. The van der Waals surface area contributed by atoms with E-state index in [1.165, 1.54) is 0 Å². The molecule has 6 heteroatoms. The molecule has 27 heavy (non-hydrogen) atoms. The van der Waals surface area contributed by atoms with Crippen molar-refractivity contribution in [2.24, 2.45) is 0 Å². The first-order chi connectivity index (χ1) is 13.4. The standard InChI is InChI=1S/C21H18N4O2/c1-3-7-14(8-4-1)18(15-9-5-2-6-10-15)20-23-21(27-25-20)19-16-13-22-12-11-17(16)24-26-19/h1-10,18,22H,11-13H2. The Labute approximate surface area is 156 Å². The molecule has 6 nitrogen and oxygen atoms in total. The highest BCUT2D eigenvalue weighted by Gasteiger charge is 2.27. The third-order valence-electron chi connectivity index (χ3n) is 4.87. The number of nitrogens with one attached hydrogen (secondary N) is 1. The van der Waals surface area contributed by atoms with Crippen LogP contribution >= 0.6 is 0 Å². The second-order valence-corrected chi connectivity index (χ2v) is 6.58. The highest BCUT2D eigenvalue weighted by molar-refractivity contribution is 5.53. The normalized spacial score (nSPS) is 13.7. The molecule has 0 aliphatic carbocycles. The van der Waals surface area contributed by atoms with Gasteiger partial charge in [-0.1, -0.05) is 71.0 Å². The molecule has 1 N–H and O–H groups in total. The van der Waals surface area contributed by atoms with E-state index in [1.54, 1.807) is 0 Å². The number of hydrogen-bond acceptors (Lipinski definition) is 6. The highest BCUT2D eigenvalue weighted by atomic mass is 16.5. The lowest BCUT2D eigenvalue weighted by molar-refractivity contribution is 0.378. The summed E-state index contributed by atoms with van der Waals surface area (Å²) in [6.45, 7) is 1.60. The Morgan fingerprint density at radius 1 is 0.852 bits per heavy atom. The Bertz CT molecular complexity index is 1000. The van der Waals surface area contributed by atoms with Crippen molar-refractivity contribution in [3.8, 4) is 11.7 Å². The third kappa shape index (κ3) is 2.94. The first-order valence-corrected chi connectivity index (χ1v) is 9.02. The van der Waals surface area contributed by atoms with Gasteiger partial charge >= 0.3 is 0 Å². The Morgan fingerprint density at radius 2 is 1.56 bits per heavy atom. The van der Waals surface area contributed by atoms with Crippen LogP contribution in [0.3, 0.4) is 0 Å². The van der Waals surface area contributed by atoms with E-state index in [2.05, 4.69) is 44.9 Å². The van der Waals surface area contributed by atoms with Crippen molar-refractivity contribution in [1.82, 2.24) is 20.6 Å². The monoisotopic (exact) mass is 358 g/mol. The molecule has 0 spiro atoms. The lowest BCUT2D eigenvalue weighted by atomic mass is 9.91. The molecule has 134 valence electrons. The first kappa shape index (κ1) is 16.0. The molecule has 0 saturated heterocycles. The molecule has 4 aromatic rings. The van der Waals surface area contributed by atoms with Gasteiger partial charge in [-0.15, -0.1) is 0 Å². The number of fused-ring (bicyclic) bond motifs is 1. The largest absolute Gasteiger partial charge is 0.350 e. The van der Waals surface area contributed by atoms with Crippen LogP contribution in [0.4, 0.5) is 0 Å². The summed E-state index contributed by atoms with van der Waals surface area (Å²) in [4.78, 5) is 4.67. The summed E-state index contributed by atoms with van der Waals surface area (Å²) < 4.78 is 11.1. The third-order valence-corrected chi connectivity index (χ3v) is 4.87. The Morgan fingerprint density at radius 3 is 2.26 bits per heavy atom. The molecule has 1 aliphatic heterocycles. The van der Waals surface area contributed by atoms with Crippen molar-refractivity contribution in [2.45, 2.75) is 18.9 Å². The molecule has 0 fully saturated rings. The zero-order chi connectivity index (χ0) is 18.1. The van der Waals surface area contributed by atoms with Gasteiger partial charge in [0.25, 0.3) is 5.89 Å². The van der Waals surface area contributed by atoms with Crippen LogP contribution in [0.1, 0.15) is 34.1 Å². The molecule has 2 aromatic carbocycles. The van der Waals surface area contributed by atoms with E-state index in [-0.39, 0.29) is 5.92 Å². The summed E-state index contributed by atoms with van der Waals surface area (Å²) in [6, 6.07) is 20.4. The van der Waals surface area contributed by atoms with E-state index in [0.717, 1.165) is 35.3 Å². The van der Waals surface area contributed by atoms with Crippen molar-refractivity contribution in [3.05, 3.63) is 88.9 Å². The lowest BCUT2D eigenvalue weighted by Gasteiger charge is -2.14. The molecule has 0 saturated carbocycles. The number of benzene rings is 2. The van der Waals surface area contributed by atoms with Crippen LogP contribution < -0.4 is 5.32 Å². The fourth-order valence-corrected chi connectivity index (χ4v) is 3.54. The van der Waals surface area contributed by atoms with E-state index < -0.39 is 0 Å². The second kappa shape index (κ2) is 6.81. The SMILES string of the molecule is c1ccc(C(c2ccccc2)c2noc(-c3onc4c3CNCC4)n2)cc1. The molecule has 5 rings (SSSR count). The second-order valence-electron chi connectivity index (χ2n) is 6.58. The fraction of sp³-hybridized carbons (Fsp3) is 0.190. The summed E-state index contributed by atoms with van der Waals surface area (Å²) in [5, 5.41) is 11.8. The van der Waals surface area contributed by atoms with E-state index in [9.17, 15) is 0 Å². The maximum Gasteiger partial charge on any atom is 0.296 e. The molecule has 0 amide bonds. The summed E-state index contributed by atoms with van der Waals surface area (Å²) >= 11 is 0. The van der Waals surface area contributed by atoms with Gasteiger partial charge in [0.1, 0.15) is 0 Å². The minimum Gasteiger partial charge on any atom is -0.350 e. The van der Waals surface area contributed by atoms with Gasteiger partial charge in [-0.2, -0.15) is 4.98 Å². The van der Waals surface area contributed by atoms with Crippen molar-refractivity contribution >= 4 is 0 Å². The summed E-state index contributed by atoms with van der Waals surface area (Å²) in [7, 11) is 0. The van der Waals surface area contributed by atoms with Crippen molar-refractivity contribution in [2.75, 3.05) is 6.54 Å². The Balaban J connectivity index is 1.57. The first-order valence-electron chi connectivity index (χ1n) is 9.02. The maximum absolute atomic E-state index is 5.58. The summed E-state index contributed by atoms with van der Waals surface area (Å²) in [6.07, 6.45) is 0.844. The predicted molar refractivity (Wildman–Crippen MR) is 99.0 cm³/mol. The van der Waals surface area contributed by atoms with E-state index in [4.69, 9.17) is 9.05 Å². The lowest BCUT2D eigenvalue weighted by Crippen LogP contribution is -2.23. The van der Waals surface area contributed by atoms with Crippen LogP contribution in [-0.2, 0) is 13.0 Å². The van der Waals surface area contributed by atoms with Gasteiger partial charge in [0, 0.05) is 25.1 Å². The molecular weight excluding hydrogens is 340 g/mol. The highest BCUT2D eigenvalue weighted by Crippen LogP contribution is 2.33. The molecule has 1 aliphatic rings. The van der Waals surface area contributed by atoms with Crippen LogP contribution in [0.5, 0.6) is 0 Å². The Kier molecular flexibility index (Phi) is 4.03. The number of hydrogen-bond donors (Lipinski definition) is 1. The predicted octanol–water partition coefficient (Wildman–Crippen LogP) is 3.55. The van der Waals surface area contributed by atoms with Crippen molar-refractivity contribution in [1.29, 1.82) is 0 Å². The van der Waals surface area contributed by atoms with Crippen LogP contribution in [0.2, 0.25) is 0 Å². The van der Waals surface area contributed by atoms with Crippen molar-refractivity contribution < 1.29 is 9.05 Å². The molecule has 0 bridgehead atoms. The molecule has 0 unspecified atom stereocenters. The number of nitrogens with zero attached hydrogens (tertiary/aromatic N) is 3. The van der Waals surface area contributed by atoms with Crippen molar-refractivity contribution in [3.63, 3.8) is 0 Å². The van der Waals surface area contributed by atoms with E-state index in [1.807, 2.05) is 36.4 Å². The summed E-state index contributed by atoms with van der Waals surface area (Å²) in [5.74, 6) is 1.44. The van der Waals surface area contributed by atoms with E-state index >= 15 is 0 Å². The van der Waals surface area contributed by atoms with Gasteiger partial charge < -0.3 is 14.4 Å². The molecule has 2 aromatic heterocycles. The van der Waals surface area contributed by atoms with Gasteiger partial charge in [-0.05, 0) is 11.1 Å². The quantitative estimate of drug-likeness (QED) is 0.601.